The lowest BCUT2D eigenvalue weighted by Crippen LogP contribution is -2.18. The lowest BCUT2D eigenvalue weighted by atomic mass is 10.1. The maximum atomic E-state index is 5.65. The largest absolute Gasteiger partial charge is 0.375 e. The Bertz CT molecular complexity index is 300. The number of benzene rings is 1. The summed E-state index contributed by atoms with van der Waals surface area (Å²) in [5.74, 6) is 0. The molecule has 0 atom stereocenters. The minimum atomic E-state index is 0.700. The summed E-state index contributed by atoms with van der Waals surface area (Å²) in [7, 11) is 6.07. The van der Waals surface area contributed by atoms with E-state index in [0.29, 0.717) is 6.61 Å². The van der Waals surface area contributed by atoms with Crippen LogP contribution in [0.4, 0.5) is 0 Å². The average molecular weight is 222 g/mol. The van der Waals surface area contributed by atoms with Crippen LogP contribution in [0.2, 0.25) is 0 Å². The van der Waals surface area contributed by atoms with Gasteiger partial charge in [-0.05, 0) is 32.3 Å². The number of hydrogen-bond acceptors (Lipinski definition) is 3. The lowest BCUT2D eigenvalue weighted by Gasteiger charge is -2.12. The smallest absolute Gasteiger partial charge is 0.0720 e. The predicted molar refractivity (Wildman–Crippen MR) is 67.4 cm³/mol. The van der Waals surface area contributed by atoms with Crippen molar-refractivity contribution in [2.24, 2.45) is 0 Å². The molecule has 0 aliphatic rings. The molecule has 3 heteroatoms. The fraction of sp³-hybridized carbons (Fsp3) is 0.538. The molecule has 0 spiro atoms. The van der Waals surface area contributed by atoms with Gasteiger partial charge in [0.15, 0.2) is 0 Å². The van der Waals surface area contributed by atoms with Gasteiger partial charge in [0.1, 0.15) is 0 Å². The van der Waals surface area contributed by atoms with Crippen LogP contribution in [0.3, 0.4) is 0 Å². The first kappa shape index (κ1) is 13.2. The third-order valence-electron chi connectivity index (χ3n) is 2.43. The maximum absolute atomic E-state index is 5.65. The topological polar surface area (TPSA) is 24.5 Å². The van der Waals surface area contributed by atoms with Crippen LogP contribution in [0.15, 0.2) is 24.3 Å². The van der Waals surface area contributed by atoms with E-state index in [-0.39, 0.29) is 0 Å². The molecule has 0 heterocycles. The van der Waals surface area contributed by atoms with Gasteiger partial charge in [-0.2, -0.15) is 0 Å². The molecule has 0 fully saturated rings. The van der Waals surface area contributed by atoms with Gasteiger partial charge in [-0.15, -0.1) is 0 Å². The zero-order valence-electron chi connectivity index (χ0n) is 10.5. The van der Waals surface area contributed by atoms with Gasteiger partial charge in [0.05, 0.1) is 13.2 Å². The maximum Gasteiger partial charge on any atom is 0.0720 e. The van der Waals surface area contributed by atoms with E-state index in [9.17, 15) is 0 Å². The van der Waals surface area contributed by atoms with Crippen LogP contribution in [0, 0.1) is 0 Å². The summed E-state index contributed by atoms with van der Waals surface area (Å²) in [4.78, 5) is 2.12. The molecule has 90 valence electrons. The van der Waals surface area contributed by atoms with E-state index in [1.807, 2.05) is 7.05 Å². The van der Waals surface area contributed by atoms with Crippen molar-refractivity contribution in [2.75, 3.05) is 34.3 Å². The molecule has 16 heavy (non-hydrogen) atoms. The average Bonchev–Trinajstić information content (AvgIpc) is 2.26. The number of nitrogens with one attached hydrogen (secondary N) is 1. The van der Waals surface area contributed by atoms with Crippen molar-refractivity contribution in [3.8, 4) is 0 Å². The van der Waals surface area contributed by atoms with Gasteiger partial charge < -0.3 is 15.0 Å². The minimum absolute atomic E-state index is 0.700. The Morgan fingerprint density at radius 1 is 1.19 bits per heavy atom. The number of ether oxygens (including phenoxy) is 1. The molecular formula is C13H22N2O. The summed E-state index contributed by atoms with van der Waals surface area (Å²) in [6.07, 6.45) is 0. The van der Waals surface area contributed by atoms with Crippen molar-refractivity contribution in [1.82, 2.24) is 10.2 Å². The minimum Gasteiger partial charge on any atom is -0.375 e. The molecule has 0 saturated carbocycles. The summed E-state index contributed by atoms with van der Waals surface area (Å²) >= 11 is 0. The highest BCUT2D eigenvalue weighted by atomic mass is 16.5. The molecule has 1 aromatic rings. The van der Waals surface area contributed by atoms with Crippen molar-refractivity contribution in [2.45, 2.75) is 13.2 Å². The van der Waals surface area contributed by atoms with Crippen molar-refractivity contribution in [1.29, 1.82) is 0 Å². The quantitative estimate of drug-likeness (QED) is 0.707. The van der Waals surface area contributed by atoms with Gasteiger partial charge in [-0.1, -0.05) is 24.3 Å². The van der Waals surface area contributed by atoms with Gasteiger partial charge in [0, 0.05) is 13.1 Å². The lowest BCUT2D eigenvalue weighted by molar-refractivity contribution is 0.105. The molecule has 0 aromatic heterocycles. The Kier molecular flexibility index (Phi) is 6.08. The highest BCUT2D eigenvalue weighted by Gasteiger charge is 2.00. The monoisotopic (exact) mass is 222 g/mol. The van der Waals surface area contributed by atoms with E-state index in [2.05, 4.69) is 48.6 Å². The normalized spacial score (nSPS) is 11.0. The highest BCUT2D eigenvalue weighted by Crippen LogP contribution is 2.09. The summed E-state index contributed by atoms with van der Waals surface area (Å²) in [6, 6.07) is 8.39. The zero-order valence-corrected chi connectivity index (χ0v) is 10.5. The Balaban J connectivity index is 2.40. The van der Waals surface area contributed by atoms with Gasteiger partial charge in [0.2, 0.25) is 0 Å². The molecular weight excluding hydrogens is 200 g/mol. The summed E-state index contributed by atoms with van der Waals surface area (Å²) in [6.45, 7) is 3.34. The fourth-order valence-corrected chi connectivity index (χ4v) is 1.49. The molecule has 0 amide bonds. The van der Waals surface area contributed by atoms with E-state index in [1.54, 1.807) is 0 Å². The van der Waals surface area contributed by atoms with Gasteiger partial charge >= 0.3 is 0 Å². The number of hydrogen-bond donors (Lipinski definition) is 1. The van der Waals surface area contributed by atoms with Crippen LogP contribution in [0.25, 0.3) is 0 Å². The van der Waals surface area contributed by atoms with Crippen LogP contribution >= 0.6 is 0 Å². The third kappa shape index (κ3) is 4.75. The van der Waals surface area contributed by atoms with Crippen molar-refractivity contribution in [3.63, 3.8) is 0 Å². The predicted octanol–water partition coefficient (Wildman–Crippen LogP) is 1.48. The standard InChI is InChI=1S/C13H22N2O/c1-14-10-12-6-4-5-7-13(12)11-16-9-8-15(2)3/h4-7,14H,8-11H2,1-3H3. The number of rotatable bonds is 7. The molecule has 1 rings (SSSR count). The van der Waals surface area contributed by atoms with Crippen molar-refractivity contribution in [3.05, 3.63) is 35.4 Å². The Morgan fingerprint density at radius 2 is 1.88 bits per heavy atom. The van der Waals surface area contributed by atoms with E-state index < -0.39 is 0 Å². The first-order valence-electron chi connectivity index (χ1n) is 5.68. The van der Waals surface area contributed by atoms with Crippen molar-refractivity contribution < 1.29 is 4.74 Å². The summed E-state index contributed by atoms with van der Waals surface area (Å²) < 4.78 is 5.65. The van der Waals surface area contributed by atoms with Crippen molar-refractivity contribution >= 4 is 0 Å². The molecule has 0 aliphatic carbocycles. The SMILES string of the molecule is CNCc1ccccc1COCCN(C)C. The van der Waals surface area contributed by atoms with Crippen LogP contribution in [-0.2, 0) is 17.9 Å². The summed E-state index contributed by atoms with van der Waals surface area (Å²) in [5, 5.41) is 3.17. The first-order valence-corrected chi connectivity index (χ1v) is 5.68. The Morgan fingerprint density at radius 3 is 2.50 bits per heavy atom. The van der Waals surface area contributed by atoms with E-state index in [1.165, 1.54) is 11.1 Å². The Labute approximate surface area is 98.4 Å². The van der Waals surface area contributed by atoms with Gasteiger partial charge in [-0.25, -0.2) is 0 Å². The zero-order chi connectivity index (χ0) is 11.8. The molecule has 0 radical (unpaired) electrons. The molecule has 0 bridgehead atoms. The Hall–Kier alpha value is -0.900. The second-order valence-electron chi connectivity index (χ2n) is 4.15. The number of likely N-dealkylation sites (N-methyl/N-ethyl adjacent to an activating group) is 1. The van der Waals surface area contributed by atoms with Gasteiger partial charge in [-0.3, -0.25) is 0 Å². The molecule has 1 aromatic carbocycles. The van der Waals surface area contributed by atoms with Crippen LogP contribution < -0.4 is 5.32 Å². The van der Waals surface area contributed by atoms with E-state index in [0.717, 1.165) is 19.7 Å². The third-order valence-corrected chi connectivity index (χ3v) is 2.43. The molecule has 0 unspecified atom stereocenters. The molecule has 1 N–H and O–H groups in total. The fourth-order valence-electron chi connectivity index (χ4n) is 1.49. The van der Waals surface area contributed by atoms with Crippen LogP contribution in [0.1, 0.15) is 11.1 Å². The van der Waals surface area contributed by atoms with Gasteiger partial charge in [0.25, 0.3) is 0 Å². The van der Waals surface area contributed by atoms with E-state index >= 15 is 0 Å². The number of nitrogens with zero attached hydrogens (tertiary/aromatic N) is 1. The van der Waals surface area contributed by atoms with Crippen LogP contribution in [-0.4, -0.2) is 39.2 Å². The second-order valence-corrected chi connectivity index (χ2v) is 4.15. The summed E-state index contributed by atoms with van der Waals surface area (Å²) in [5.41, 5.74) is 2.59. The second kappa shape index (κ2) is 7.39. The molecule has 3 nitrogen and oxygen atoms in total. The highest BCUT2D eigenvalue weighted by molar-refractivity contribution is 5.26. The molecule has 0 saturated heterocycles. The first-order chi connectivity index (χ1) is 7.74. The van der Waals surface area contributed by atoms with E-state index in [4.69, 9.17) is 4.74 Å². The molecule has 0 aliphatic heterocycles. The van der Waals surface area contributed by atoms with Crippen LogP contribution in [0.5, 0.6) is 0 Å².